The lowest BCUT2D eigenvalue weighted by Gasteiger charge is -2.15. The average Bonchev–Trinajstić information content (AvgIpc) is 3.34. The summed E-state index contributed by atoms with van der Waals surface area (Å²) in [6.07, 6.45) is 6.28. The van der Waals surface area contributed by atoms with Crippen molar-refractivity contribution in [1.82, 2.24) is 30.7 Å². The van der Waals surface area contributed by atoms with Crippen LogP contribution in [0.5, 0.6) is 5.75 Å². The number of aromatic amines is 1. The highest BCUT2D eigenvalue weighted by Gasteiger charge is 2.24. The van der Waals surface area contributed by atoms with E-state index in [1.165, 1.54) is 0 Å². The second-order valence-electron chi connectivity index (χ2n) is 6.52. The topological polar surface area (TPSA) is 103 Å². The van der Waals surface area contributed by atoms with Crippen LogP contribution in [0.3, 0.4) is 0 Å². The van der Waals surface area contributed by atoms with Crippen molar-refractivity contribution in [3.63, 3.8) is 0 Å². The summed E-state index contributed by atoms with van der Waals surface area (Å²) in [6.45, 7) is 2.88. The minimum atomic E-state index is 0. The number of aromatic nitrogens is 5. The number of anilines is 1. The molecule has 0 aliphatic carbocycles. The van der Waals surface area contributed by atoms with Crippen molar-refractivity contribution >= 4 is 30.8 Å². The fraction of sp³-hybridized carbons (Fsp3) is 0.333. The molecular formula is C18H23Cl2N7O. The quantitative estimate of drug-likeness (QED) is 0.578. The lowest BCUT2D eigenvalue weighted by Crippen LogP contribution is -2.25. The molecule has 1 aliphatic rings. The molecule has 0 spiro atoms. The third-order valence-corrected chi connectivity index (χ3v) is 4.72. The zero-order valence-corrected chi connectivity index (χ0v) is 17.0. The zero-order chi connectivity index (χ0) is 17.9. The Labute approximate surface area is 175 Å². The van der Waals surface area contributed by atoms with Crippen molar-refractivity contribution < 1.29 is 5.11 Å². The predicted octanol–water partition coefficient (Wildman–Crippen LogP) is 2.52. The number of rotatable bonds is 5. The molecule has 8 nitrogen and oxygen atoms in total. The number of nitrogens with one attached hydrogen (secondary N) is 2. The predicted molar refractivity (Wildman–Crippen MR) is 113 cm³/mol. The smallest absolute Gasteiger partial charge is 0.245 e. The second-order valence-corrected chi connectivity index (χ2v) is 6.52. The van der Waals surface area contributed by atoms with E-state index >= 15 is 0 Å². The first-order chi connectivity index (χ1) is 12.7. The SMILES string of the molecule is CNCC1CCN(c2ncc(-c3ccc(-c4cn[nH]c4)cc3O)nn2)C1.Cl.Cl. The highest BCUT2D eigenvalue weighted by molar-refractivity contribution is 5.85. The number of H-pyrrole nitrogens is 1. The first kappa shape index (κ1) is 21.9. The van der Waals surface area contributed by atoms with Gasteiger partial charge in [-0.3, -0.25) is 5.10 Å². The molecule has 1 atom stereocenters. The van der Waals surface area contributed by atoms with E-state index in [1.54, 1.807) is 24.7 Å². The number of phenols is 1. The van der Waals surface area contributed by atoms with Crippen molar-refractivity contribution in [3.05, 3.63) is 36.8 Å². The van der Waals surface area contributed by atoms with Crippen LogP contribution in [0, 0.1) is 5.92 Å². The fourth-order valence-corrected chi connectivity index (χ4v) is 3.34. The summed E-state index contributed by atoms with van der Waals surface area (Å²) in [5, 5.41) is 28.8. The van der Waals surface area contributed by atoms with E-state index in [0.717, 1.165) is 37.2 Å². The molecule has 1 fully saturated rings. The first-order valence-electron chi connectivity index (χ1n) is 8.66. The number of aromatic hydroxyl groups is 1. The van der Waals surface area contributed by atoms with Gasteiger partial charge >= 0.3 is 0 Å². The van der Waals surface area contributed by atoms with Gasteiger partial charge in [0, 0.05) is 30.4 Å². The second kappa shape index (κ2) is 9.68. The summed E-state index contributed by atoms with van der Waals surface area (Å²) in [5.74, 6) is 1.40. The monoisotopic (exact) mass is 423 g/mol. The molecule has 10 heteroatoms. The molecule has 0 amide bonds. The van der Waals surface area contributed by atoms with Gasteiger partial charge in [0.05, 0.1) is 12.4 Å². The van der Waals surface area contributed by atoms with Crippen molar-refractivity contribution in [1.29, 1.82) is 0 Å². The van der Waals surface area contributed by atoms with E-state index in [9.17, 15) is 5.11 Å². The molecule has 2 aromatic heterocycles. The van der Waals surface area contributed by atoms with E-state index in [2.05, 4.69) is 35.6 Å². The van der Waals surface area contributed by atoms with Crippen LogP contribution in [-0.4, -0.2) is 57.2 Å². The van der Waals surface area contributed by atoms with Gasteiger partial charge in [-0.15, -0.1) is 35.0 Å². The van der Waals surface area contributed by atoms with E-state index in [4.69, 9.17) is 0 Å². The third-order valence-electron chi connectivity index (χ3n) is 4.72. The first-order valence-corrected chi connectivity index (χ1v) is 8.66. The average molecular weight is 424 g/mol. The highest BCUT2D eigenvalue weighted by Crippen LogP contribution is 2.32. The molecule has 0 bridgehead atoms. The van der Waals surface area contributed by atoms with Gasteiger partial charge in [-0.05, 0) is 43.6 Å². The standard InChI is InChI=1S/C18H21N7O.2ClH/c1-19-7-12-4-5-25(11-12)18-20-10-16(23-24-18)15-3-2-13(6-17(15)26)14-8-21-22-9-14;;/h2-3,6,8-10,12,19,26H,4-5,7,11H2,1H3,(H,21,22);2*1H. The molecular weight excluding hydrogens is 401 g/mol. The summed E-state index contributed by atoms with van der Waals surface area (Å²) in [7, 11) is 1.97. The molecule has 1 saturated heterocycles. The Bertz CT molecular complexity index is 874. The molecule has 150 valence electrons. The van der Waals surface area contributed by atoms with Crippen molar-refractivity contribution in [2.45, 2.75) is 6.42 Å². The normalized spacial score (nSPS) is 15.8. The minimum absolute atomic E-state index is 0. The lowest BCUT2D eigenvalue weighted by molar-refractivity contribution is 0.477. The summed E-state index contributed by atoms with van der Waals surface area (Å²) < 4.78 is 0. The Morgan fingerprint density at radius 1 is 1.21 bits per heavy atom. The number of benzene rings is 1. The number of halogens is 2. The van der Waals surface area contributed by atoms with Crippen LogP contribution in [0.25, 0.3) is 22.4 Å². The molecule has 3 aromatic rings. The van der Waals surface area contributed by atoms with Gasteiger partial charge in [0.1, 0.15) is 11.4 Å². The zero-order valence-electron chi connectivity index (χ0n) is 15.4. The Morgan fingerprint density at radius 3 is 2.71 bits per heavy atom. The van der Waals surface area contributed by atoms with Gasteiger partial charge in [-0.25, -0.2) is 4.98 Å². The number of phenolic OH excluding ortho intramolecular Hbond substituents is 1. The maximum Gasteiger partial charge on any atom is 0.245 e. The summed E-state index contributed by atoms with van der Waals surface area (Å²) >= 11 is 0. The summed E-state index contributed by atoms with van der Waals surface area (Å²) in [4.78, 5) is 6.60. The molecule has 3 N–H and O–H groups in total. The van der Waals surface area contributed by atoms with E-state index in [-0.39, 0.29) is 30.6 Å². The number of hydrogen-bond donors (Lipinski definition) is 3. The largest absolute Gasteiger partial charge is 0.507 e. The maximum absolute atomic E-state index is 10.4. The van der Waals surface area contributed by atoms with Crippen molar-refractivity contribution in [3.8, 4) is 28.1 Å². The van der Waals surface area contributed by atoms with Gasteiger partial charge in [0.2, 0.25) is 5.95 Å². The fourth-order valence-electron chi connectivity index (χ4n) is 3.34. The van der Waals surface area contributed by atoms with Crippen molar-refractivity contribution in [2.24, 2.45) is 5.92 Å². The maximum atomic E-state index is 10.4. The summed E-state index contributed by atoms with van der Waals surface area (Å²) in [5.41, 5.74) is 2.95. The van der Waals surface area contributed by atoms with E-state index in [0.29, 0.717) is 23.1 Å². The van der Waals surface area contributed by atoms with Crippen LogP contribution >= 0.6 is 24.8 Å². The van der Waals surface area contributed by atoms with Crippen LogP contribution in [0.1, 0.15) is 6.42 Å². The molecule has 0 radical (unpaired) electrons. The van der Waals surface area contributed by atoms with Gasteiger partial charge in [0.25, 0.3) is 0 Å². The van der Waals surface area contributed by atoms with Crippen LogP contribution in [-0.2, 0) is 0 Å². The van der Waals surface area contributed by atoms with Crippen molar-refractivity contribution in [2.75, 3.05) is 31.6 Å². The van der Waals surface area contributed by atoms with E-state index in [1.807, 2.05) is 19.2 Å². The molecule has 1 aromatic carbocycles. The van der Waals surface area contributed by atoms with Crippen LogP contribution in [0.4, 0.5) is 5.95 Å². The van der Waals surface area contributed by atoms with Crippen LogP contribution < -0.4 is 10.2 Å². The third kappa shape index (κ3) is 4.52. The molecule has 3 heterocycles. The van der Waals surface area contributed by atoms with Crippen LogP contribution in [0.2, 0.25) is 0 Å². The highest BCUT2D eigenvalue weighted by atomic mass is 35.5. The van der Waals surface area contributed by atoms with Gasteiger partial charge < -0.3 is 15.3 Å². The number of hydrogen-bond acceptors (Lipinski definition) is 7. The summed E-state index contributed by atoms with van der Waals surface area (Å²) in [6, 6.07) is 5.43. The number of nitrogens with zero attached hydrogens (tertiary/aromatic N) is 5. The van der Waals surface area contributed by atoms with Gasteiger partial charge in [-0.1, -0.05) is 6.07 Å². The molecule has 1 unspecified atom stereocenters. The van der Waals surface area contributed by atoms with E-state index < -0.39 is 0 Å². The Morgan fingerprint density at radius 2 is 2.07 bits per heavy atom. The molecule has 28 heavy (non-hydrogen) atoms. The molecule has 4 rings (SSSR count). The minimum Gasteiger partial charge on any atom is -0.507 e. The Balaban J connectivity index is 0.00000140. The Hall–Kier alpha value is -2.42. The molecule has 0 saturated carbocycles. The molecule has 1 aliphatic heterocycles. The Kier molecular flexibility index (Phi) is 7.56. The van der Waals surface area contributed by atoms with Gasteiger partial charge in [-0.2, -0.15) is 5.10 Å². The van der Waals surface area contributed by atoms with Crippen LogP contribution in [0.15, 0.2) is 36.8 Å². The lowest BCUT2D eigenvalue weighted by atomic mass is 10.0. The van der Waals surface area contributed by atoms with Gasteiger partial charge in [0.15, 0.2) is 0 Å².